The number of aromatic nitrogens is 1. The van der Waals surface area contributed by atoms with Crippen LogP contribution in [-0.2, 0) is 21.5 Å². The molecule has 34 heavy (non-hydrogen) atoms. The van der Waals surface area contributed by atoms with Gasteiger partial charge < -0.3 is 15.5 Å². The summed E-state index contributed by atoms with van der Waals surface area (Å²) < 4.78 is 0. The monoisotopic (exact) mass is 456 g/mol. The number of hydrogen-bond acceptors (Lipinski definition) is 4. The van der Waals surface area contributed by atoms with Crippen molar-refractivity contribution in [2.24, 2.45) is 0 Å². The lowest BCUT2D eigenvalue weighted by atomic mass is 9.72. The van der Waals surface area contributed by atoms with Crippen molar-refractivity contribution in [1.29, 1.82) is 0 Å². The zero-order chi connectivity index (χ0) is 24.0. The number of anilines is 1. The number of amides is 3. The van der Waals surface area contributed by atoms with Gasteiger partial charge in [-0.25, -0.2) is 0 Å². The molecule has 4 rings (SSSR count). The van der Waals surface area contributed by atoms with Gasteiger partial charge in [0.1, 0.15) is 0 Å². The molecule has 0 saturated carbocycles. The minimum absolute atomic E-state index is 0.0349. The molecule has 1 aliphatic heterocycles. The highest BCUT2D eigenvalue weighted by molar-refractivity contribution is 6.04. The molecular weight excluding hydrogens is 428 g/mol. The zero-order valence-electron chi connectivity index (χ0n) is 19.2. The van der Waals surface area contributed by atoms with E-state index in [0.717, 1.165) is 11.1 Å². The van der Waals surface area contributed by atoms with Crippen LogP contribution in [0.3, 0.4) is 0 Å². The average molecular weight is 457 g/mol. The summed E-state index contributed by atoms with van der Waals surface area (Å²) in [6.45, 7) is 3.00. The summed E-state index contributed by atoms with van der Waals surface area (Å²) >= 11 is 0. The molecule has 1 aromatic heterocycles. The molecule has 7 heteroatoms. The molecule has 2 aromatic carbocycles. The van der Waals surface area contributed by atoms with Crippen LogP contribution in [-0.4, -0.2) is 40.7 Å². The van der Waals surface area contributed by atoms with Crippen LogP contribution in [0, 0.1) is 0 Å². The number of hydrogen-bond donors (Lipinski definition) is 2. The Morgan fingerprint density at radius 2 is 1.65 bits per heavy atom. The van der Waals surface area contributed by atoms with Gasteiger partial charge in [-0.1, -0.05) is 42.5 Å². The van der Waals surface area contributed by atoms with Gasteiger partial charge in [-0.15, -0.1) is 0 Å². The molecule has 0 aliphatic carbocycles. The third-order valence-electron chi connectivity index (χ3n) is 6.40. The lowest BCUT2D eigenvalue weighted by molar-refractivity contribution is -0.135. The molecule has 0 spiro atoms. The smallest absolute Gasteiger partial charge is 0.255 e. The van der Waals surface area contributed by atoms with Crippen LogP contribution in [0.5, 0.6) is 0 Å². The van der Waals surface area contributed by atoms with E-state index >= 15 is 0 Å². The standard InChI is InChI=1S/C27H28N4O3/c1-20(32)31-16-12-27(13-17-31,23-7-3-2-4-8-23)26(34)29-19-21-6-5-9-24(18-21)30-25(33)22-10-14-28-15-11-22/h2-11,14-15,18H,12-13,16-17,19H2,1H3,(H,29,34)(H,30,33). The SMILES string of the molecule is CC(=O)N1CCC(C(=O)NCc2cccc(NC(=O)c3ccncc3)c2)(c2ccccc2)CC1. The molecular formula is C27H28N4O3. The second kappa shape index (κ2) is 10.3. The zero-order valence-corrected chi connectivity index (χ0v) is 19.2. The lowest BCUT2D eigenvalue weighted by Gasteiger charge is -2.40. The molecule has 7 nitrogen and oxygen atoms in total. The first kappa shape index (κ1) is 23.2. The highest BCUT2D eigenvalue weighted by atomic mass is 16.2. The molecule has 174 valence electrons. The summed E-state index contributed by atoms with van der Waals surface area (Å²) in [5, 5.41) is 5.98. The maximum atomic E-state index is 13.5. The van der Waals surface area contributed by atoms with Gasteiger partial charge in [-0.2, -0.15) is 0 Å². The quantitative estimate of drug-likeness (QED) is 0.594. The van der Waals surface area contributed by atoms with Gasteiger partial charge in [0, 0.05) is 50.2 Å². The van der Waals surface area contributed by atoms with Crippen molar-refractivity contribution in [2.45, 2.75) is 31.7 Å². The number of benzene rings is 2. The van der Waals surface area contributed by atoms with Crippen LogP contribution >= 0.6 is 0 Å². The Labute approximate surface area is 199 Å². The number of nitrogens with one attached hydrogen (secondary N) is 2. The minimum atomic E-state index is -0.680. The van der Waals surface area contributed by atoms with E-state index in [1.807, 2.05) is 54.6 Å². The number of likely N-dealkylation sites (tertiary alicyclic amines) is 1. The van der Waals surface area contributed by atoms with Crippen LogP contribution in [0.4, 0.5) is 5.69 Å². The van der Waals surface area contributed by atoms with E-state index in [0.29, 0.717) is 43.7 Å². The summed E-state index contributed by atoms with van der Waals surface area (Å²) in [7, 11) is 0. The summed E-state index contributed by atoms with van der Waals surface area (Å²) in [4.78, 5) is 43.5. The van der Waals surface area contributed by atoms with Crippen molar-refractivity contribution < 1.29 is 14.4 Å². The highest BCUT2D eigenvalue weighted by Crippen LogP contribution is 2.36. The summed E-state index contributed by atoms with van der Waals surface area (Å²) in [6, 6.07) is 20.5. The first-order valence-corrected chi connectivity index (χ1v) is 11.4. The van der Waals surface area contributed by atoms with E-state index in [-0.39, 0.29) is 17.7 Å². The number of carbonyl (C=O) groups excluding carboxylic acids is 3. The second-order valence-electron chi connectivity index (χ2n) is 8.53. The van der Waals surface area contributed by atoms with E-state index in [9.17, 15) is 14.4 Å². The van der Waals surface area contributed by atoms with E-state index < -0.39 is 5.41 Å². The highest BCUT2D eigenvalue weighted by Gasteiger charge is 2.43. The van der Waals surface area contributed by atoms with E-state index in [2.05, 4.69) is 15.6 Å². The number of pyridine rings is 1. The Kier molecular flexibility index (Phi) is 7.01. The van der Waals surface area contributed by atoms with Crippen LogP contribution in [0.25, 0.3) is 0 Å². The lowest BCUT2D eigenvalue weighted by Crippen LogP contribution is -2.52. The normalized spacial score (nSPS) is 14.8. The molecule has 1 saturated heterocycles. The molecule has 0 radical (unpaired) electrons. The predicted octanol–water partition coefficient (Wildman–Crippen LogP) is 3.53. The fraction of sp³-hybridized carbons (Fsp3) is 0.259. The van der Waals surface area contributed by atoms with Gasteiger partial charge in [-0.3, -0.25) is 19.4 Å². The van der Waals surface area contributed by atoms with Crippen LogP contribution in [0.2, 0.25) is 0 Å². The molecule has 1 aliphatic rings. The Bertz CT molecular complexity index is 1160. The maximum absolute atomic E-state index is 13.5. The van der Waals surface area contributed by atoms with Crippen molar-refractivity contribution in [3.63, 3.8) is 0 Å². The summed E-state index contributed by atoms with van der Waals surface area (Å²) in [5.41, 5.74) is 2.34. The Morgan fingerprint density at radius 1 is 0.941 bits per heavy atom. The topological polar surface area (TPSA) is 91.4 Å². The Hall–Kier alpha value is -4.00. The fourth-order valence-corrected chi connectivity index (χ4v) is 4.42. The third-order valence-corrected chi connectivity index (χ3v) is 6.40. The predicted molar refractivity (Wildman–Crippen MR) is 130 cm³/mol. The average Bonchev–Trinajstić information content (AvgIpc) is 2.88. The van der Waals surface area contributed by atoms with Crippen LogP contribution < -0.4 is 10.6 Å². The molecule has 3 aromatic rings. The molecule has 1 fully saturated rings. The van der Waals surface area contributed by atoms with Gasteiger partial charge in [0.25, 0.3) is 5.91 Å². The molecule has 0 atom stereocenters. The van der Waals surface area contributed by atoms with Crippen molar-refractivity contribution in [2.75, 3.05) is 18.4 Å². The molecule has 0 unspecified atom stereocenters. The number of nitrogens with zero attached hydrogens (tertiary/aromatic N) is 2. The first-order chi connectivity index (χ1) is 16.5. The molecule has 0 bridgehead atoms. The Balaban J connectivity index is 1.45. The maximum Gasteiger partial charge on any atom is 0.255 e. The minimum Gasteiger partial charge on any atom is -0.351 e. The molecule has 3 amide bonds. The number of carbonyl (C=O) groups is 3. The Morgan fingerprint density at radius 3 is 2.32 bits per heavy atom. The largest absolute Gasteiger partial charge is 0.351 e. The van der Waals surface area contributed by atoms with E-state index in [1.165, 1.54) is 0 Å². The van der Waals surface area contributed by atoms with E-state index in [1.54, 1.807) is 36.4 Å². The molecule has 2 N–H and O–H groups in total. The van der Waals surface area contributed by atoms with Crippen molar-refractivity contribution in [3.8, 4) is 0 Å². The van der Waals surface area contributed by atoms with Crippen LogP contribution in [0.15, 0.2) is 79.1 Å². The fourth-order valence-electron chi connectivity index (χ4n) is 4.42. The van der Waals surface area contributed by atoms with Gasteiger partial charge in [-0.05, 0) is 48.2 Å². The van der Waals surface area contributed by atoms with Gasteiger partial charge in [0.15, 0.2) is 0 Å². The molecule has 2 heterocycles. The number of rotatable bonds is 6. The van der Waals surface area contributed by atoms with Gasteiger partial charge in [0.05, 0.1) is 5.41 Å². The summed E-state index contributed by atoms with van der Waals surface area (Å²) in [6.07, 6.45) is 4.30. The van der Waals surface area contributed by atoms with Crippen molar-refractivity contribution in [1.82, 2.24) is 15.2 Å². The summed E-state index contributed by atoms with van der Waals surface area (Å²) in [5.74, 6) is -0.232. The van der Waals surface area contributed by atoms with Crippen molar-refractivity contribution >= 4 is 23.4 Å². The van der Waals surface area contributed by atoms with E-state index in [4.69, 9.17) is 0 Å². The second-order valence-corrected chi connectivity index (χ2v) is 8.53. The first-order valence-electron chi connectivity index (χ1n) is 11.4. The number of piperidine rings is 1. The van der Waals surface area contributed by atoms with Gasteiger partial charge in [0.2, 0.25) is 11.8 Å². The van der Waals surface area contributed by atoms with Crippen LogP contribution in [0.1, 0.15) is 41.3 Å². The third kappa shape index (κ3) is 5.14. The van der Waals surface area contributed by atoms with Gasteiger partial charge >= 0.3 is 0 Å². The van der Waals surface area contributed by atoms with Crippen molar-refractivity contribution in [3.05, 3.63) is 95.8 Å².